The van der Waals surface area contributed by atoms with Gasteiger partial charge in [0.05, 0.1) is 0 Å². The molecule has 1 saturated heterocycles. The van der Waals surface area contributed by atoms with E-state index >= 15 is 0 Å². The van der Waals surface area contributed by atoms with Gasteiger partial charge in [-0.05, 0) is 13.5 Å². The topological polar surface area (TPSA) is 29.3 Å². The molecule has 0 saturated carbocycles. The summed E-state index contributed by atoms with van der Waals surface area (Å²) in [5.41, 5.74) is 6.86. The van der Waals surface area contributed by atoms with E-state index in [9.17, 15) is 0 Å². The summed E-state index contributed by atoms with van der Waals surface area (Å²) < 4.78 is 0. The molecule has 2 heteroatoms. The SMILES string of the molecule is CN1CC/C(=C/CN)C1. The summed E-state index contributed by atoms with van der Waals surface area (Å²) in [6.45, 7) is 3.02. The van der Waals surface area contributed by atoms with E-state index in [4.69, 9.17) is 5.73 Å². The molecule has 0 aliphatic carbocycles. The van der Waals surface area contributed by atoms with Crippen LogP contribution in [-0.4, -0.2) is 31.6 Å². The highest BCUT2D eigenvalue weighted by Crippen LogP contribution is 2.11. The van der Waals surface area contributed by atoms with Gasteiger partial charge in [0.1, 0.15) is 0 Å². The van der Waals surface area contributed by atoms with E-state index in [0.717, 1.165) is 6.54 Å². The standard InChI is InChI=1S/C7H14N2/c1-9-5-3-7(6-9)2-4-8/h2H,3-6,8H2,1H3/b7-2-. The lowest BCUT2D eigenvalue weighted by Crippen LogP contribution is -2.11. The van der Waals surface area contributed by atoms with Gasteiger partial charge in [-0.2, -0.15) is 0 Å². The third kappa shape index (κ3) is 1.80. The Hall–Kier alpha value is -0.340. The van der Waals surface area contributed by atoms with Gasteiger partial charge in [0.2, 0.25) is 0 Å². The number of likely N-dealkylation sites (tertiary alicyclic amines) is 1. The van der Waals surface area contributed by atoms with Crippen LogP contribution in [0, 0.1) is 0 Å². The minimum atomic E-state index is 0.698. The van der Waals surface area contributed by atoms with E-state index in [1.807, 2.05) is 0 Å². The van der Waals surface area contributed by atoms with Gasteiger partial charge in [-0.1, -0.05) is 11.6 Å². The first-order chi connectivity index (χ1) is 4.33. The van der Waals surface area contributed by atoms with Crippen molar-refractivity contribution < 1.29 is 0 Å². The van der Waals surface area contributed by atoms with Crippen LogP contribution in [0.4, 0.5) is 0 Å². The number of hydrogen-bond acceptors (Lipinski definition) is 2. The molecule has 2 nitrogen and oxygen atoms in total. The molecular weight excluding hydrogens is 112 g/mol. The van der Waals surface area contributed by atoms with Crippen molar-refractivity contribution in [3.8, 4) is 0 Å². The summed E-state index contributed by atoms with van der Waals surface area (Å²) in [4.78, 5) is 2.31. The number of likely N-dealkylation sites (N-methyl/N-ethyl adjacent to an activating group) is 1. The first-order valence-corrected chi connectivity index (χ1v) is 3.39. The molecule has 0 aromatic carbocycles. The van der Waals surface area contributed by atoms with Crippen LogP contribution < -0.4 is 5.73 Å². The van der Waals surface area contributed by atoms with Gasteiger partial charge >= 0.3 is 0 Å². The summed E-state index contributed by atoms with van der Waals surface area (Å²) in [6.07, 6.45) is 3.34. The summed E-state index contributed by atoms with van der Waals surface area (Å²) >= 11 is 0. The van der Waals surface area contributed by atoms with Crippen molar-refractivity contribution >= 4 is 0 Å². The Bertz CT molecular complexity index is 118. The Morgan fingerprint density at radius 2 is 2.56 bits per heavy atom. The molecule has 1 fully saturated rings. The van der Waals surface area contributed by atoms with Crippen LogP contribution >= 0.6 is 0 Å². The van der Waals surface area contributed by atoms with Crippen LogP contribution in [0.25, 0.3) is 0 Å². The molecule has 0 atom stereocenters. The number of rotatable bonds is 1. The highest BCUT2D eigenvalue weighted by molar-refractivity contribution is 5.09. The second-order valence-electron chi connectivity index (χ2n) is 2.59. The maximum Gasteiger partial charge on any atom is 0.0190 e. The lowest BCUT2D eigenvalue weighted by atomic mass is 10.2. The number of hydrogen-bond donors (Lipinski definition) is 1. The van der Waals surface area contributed by atoms with Crippen molar-refractivity contribution in [3.63, 3.8) is 0 Å². The van der Waals surface area contributed by atoms with Crippen molar-refractivity contribution in [2.45, 2.75) is 6.42 Å². The molecule has 1 rings (SSSR count). The maximum absolute atomic E-state index is 5.36. The molecule has 0 spiro atoms. The predicted octanol–water partition coefficient (Wildman–Crippen LogP) is 0.207. The minimum Gasteiger partial charge on any atom is -0.327 e. The Balaban J connectivity index is 2.38. The summed E-state index contributed by atoms with van der Waals surface area (Å²) in [6, 6.07) is 0. The molecule has 0 amide bonds. The Labute approximate surface area is 56.3 Å². The highest BCUT2D eigenvalue weighted by atomic mass is 15.1. The molecular formula is C7H14N2. The third-order valence-electron chi connectivity index (χ3n) is 1.69. The molecule has 9 heavy (non-hydrogen) atoms. The molecule has 0 aromatic rings. The van der Waals surface area contributed by atoms with Crippen molar-refractivity contribution in [3.05, 3.63) is 11.6 Å². The largest absolute Gasteiger partial charge is 0.327 e. The fraction of sp³-hybridized carbons (Fsp3) is 0.714. The molecule has 0 aromatic heterocycles. The fourth-order valence-corrected chi connectivity index (χ4v) is 1.17. The van der Waals surface area contributed by atoms with Gasteiger partial charge in [-0.25, -0.2) is 0 Å². The van der Waals surface area contributed by atoms with Gasteiger partial charge in [-0.15, -0.1) is 0 Å². The molecule has 0 unspecified atom stereocenters. The van der Waals surface area contributed by atoms with E-state index in [-0.39, 0.29) is 0 Å². The van der Waals surface area contributed by atoms with Crippen molar-refractivity contribution in [1.29, 1.82) is 0 Å². The number of nitrogens with two attached hydrogens (primary N) is 1. The smallest absolute Gasteiger partial charge is 0.0190 e. The average Bonchev–Trinajstić information content (AvgIpc) is 2.17. The highest BCUT2D eigenvalue weighted by Gasteiger charge is 2.10. The lowest BCUT2D eigenvalue weighted by molar-refractivity contribution is 0.425. The molecule has 0 bridgehead atoms. The van der Waals surface area contributed by atoms with Gasteiger partial charge in [0, 0.05) is 19.6 Å². The van der Waals surface area contributed by atoms with E-state index in [0.29, 0.717) is 6.54 Å². The zero-order chi connectivity index (χ0) is 6.69. The molecule has 0 radical (unpaired) electrons. The van der Waals surface area contributed by atoms with Gasteiger partial charge in [-0.3, -0.25) is 0 Å². The maximum atomic E-state index is 5.36. The third-order valence-corrected chi connectivity index (χ3v) is 1.69. The normalized spacial score (nSPS) is 25.8. The van der Waals surface area contributed by atoms with E-state index in [1.54, 1.807) is 0 Å². The van der Waals surface area contributed by atoms with E-state index in [1.165, 1.54) is 18.5 Å². The molecule has 52 valence electrons. The lowest BCUT2D eigenvalue weighted by Gasteiger charge is -2.02. The molecule has 1 heterocycles. The zero-order valence-corrected chi connectivity index (χ0v) is 5.93. The second-order valence-corrected chi connectivity index (χ2v) is 2.59. The summed E-state index contributed by atoms with van der Waals surface area (Å²) in [5, 5.41) is 0. The molecule has 1 aliphatic heterocycles. The zero-order valence-electron chi connectivity index (χ0n) is 5.93. The Morgan fingerprint density at radius 1 is 1.78 bits per heavy atom. The Morgan fingerprint density at radius 3 is 3.00 bits per heavy atom. The van der Waals surface area contributed by atoms with E-state index in [2.05, 4.69) is 18.0 Å². The first kappa shape index (κ1) is 6.78. The Kier molecular flexibility index (Phi) is 2.25. The fourth-order valence-electron chi connectivity index (χ4n) is 1.17. The molecule has 1 aliphatic rings. The minimum absolute atomic E-state index is 0.698. The quantitative estimate of drug-likeness (QED) is 0.509. The van der Waals surface area contributed by atoms with Crippen molar-refractivity contribution in [2.75, 3.05) is 26.7 Å². The number of nitrogens with zero attached hydrogens (tertiary/aromatic N) is 1. The first-order valence-electron chi connectivity index (χ1n) is 3.39. The van der Waals surface area contributed by atoms with Crippen LogP contribution in [0.3, 0.4) is 0 Å². The van der Waals surface area contributed by atoms with E-state index < -0.39 is 0 Å². The monoisotopic (exact) mass is 126 g/mol. The van der Waals surface area contributed by atoms with Crippen LogP contribution in [-0.2, 0) is 0 Å². The average molecular weight is 126 g/mol. The second kappa shape index (κ2) is 2.99. The summed E-state index contributed by atoms with van der Waals surface area (Å²) in [7, 11) is 2.14. The van der Waals surface area contributed by atoms with Crippen molar-refractivity contribution in [2.24, 2.45) is 5.73 Å². The van der Waals surface area contributed by atoms with Gasteiger partial charge < -0.3 is 10.6 Å². The van der Waals surface area contributed by atoms with Crippen LogP contribution in [0.1, 0.15) is 6.42 Å². The predicted molar refractivity (Wildman–Crippen MR) is 39.3 cm³/mol. The van der Waals surface area contributed by atoms with Crippen molar-refractivity contribution in [1.82, 2.24) is 4.90 Å². The van der Waals surface area contributed by atoms with Gasteiger partial charge in [0.15, 0.2) is 0 Å². The van der Waals surface area contributed by atoms with Crippen LogP contribution in [0.5, 0.6) is 0 Å². The molecule has 2 N–H and O–H groups in total. The van der Waals surface area contributed by atoms with Crippen LogP contribution in [0.15, 0.2) is 11.6 Å². The van der Waals surface area contributed by atoms with Gasteiger partial charge in [0.25, 0.3) is 0 Å². The van der Waals surface area contributed by atoms with Crippen LogP contribution in [0.2, 0.25) is 0 Å². The summed E-state index contributed by atoms with van der Waals surface area (Å²) in [5.74, 6) is 0.